The number of aromatic nitrogens is 2. The first-order chi connectivity index (χ1) is 16.8. The molecule has 0 amide bonds. The van der Waals surface area contributed by atoms with Gasteiger partial charge in [0, 0.05) is 46.9 Å². The Morgan fingerprint density at radius 3 is 2.71 bits per heavy atom. The number of halogens is 2. The van der Waals surface area contributed by atoms with Gasteiger partial charge in [-0.05, 0) is 42.3 Å². The highest BCUT2D eigenvalue weighted by Gasteiger charge is 2.18. The second-order valence-corrected chi connectivity index (χ2v) is 9.32. The molecule has 1 aliphatic heterocycles. The molecule has 0 bridgehead atoms. The molecule has 4 rings (SSSR count). The number of aromatic amines is 1. The molecule has 0 radical (unpaired) electrons. The maximum Gasteiger partial charge on any atom is 0.256 e. The van der Waals surface area contributed by atoms with E-state index >= 15 is 0 Å². The summed E-state index contributed by atoms with van der Waals surface area (Å²) in [5, 5.41) is 3.65. The Kier molecular flexibility index (Phi) is 7.95. The fourth-order valence-electron chi connectivity index (χ4n) is 4.08. The molecule has 1 saturated heterocycles. The summed E-state index contributed by atoms with van der Waals surface area (Å²) in [6.45, 7) is 7.07. The molecule has 7 nitrogen and oxygen atoms in total. The van der Waals surface area contributed by atoms with Crippen LogP contribution < -0.4 is 10.9 Å². The average molecular weight is 499 g/mol. The van der Waals surface area contributed by atoms with Crippen LogP contribution in [-0.2, 0) is 16.0 Å². The number of Topliss-reactive ketones (excluding diaryl/α,β-unsaturated/α-hetero) is 1. The summed E-state index contributed by atoms with van der Waals surface area (Å²) in [4.78, 5) is 34.7. The summed E-state index contributed by atoms with van der Waals surface area (Å²) in [6.07, 6.45) is 1.85. The molecule has 1 aromatic carbocycles. The van der Waals surface area contributed by atoms with E-state index in [2.05, 4.69) is 20.2 Å². The van der Waals surface area contributed by atoms with Crippen molar-refractivity contribution >= 4 is 28.8 Å². The van der Waals surface area contributed by atoms with Gasteiger partial charge < -0.3 is 15.0 Å². The number of rotatable bonds is 8. The monoisotopic (exact) mass is 498 g/mol. The number of hydrogen-bond donors (Lipinski definition) is 2. The molecule has 3 heterocycles. The van der Waals surface area contributed by atoms with Crippen molar-refractivity contribution in [1.82, 2.24) is 14.9 Å². The van der Waals surface area contributed by atoms with E-state index in [4.69, 9.17) is 16.3 Å². The summed E-state index contributed by atoms with van der Waals surface area (Å²) >= 11 is 6.05. The van der Waals surface area contributed by atoms with E-state index < -0.39 is 11.4 Å². The van der Waals surface area contributed by atoms with Gasteiger partial charge in [0.2, 0.25) is 0 Å². The van der Waals surface area contributed by atoms with Gasteiger partial charge in [0.05, 0.1) is 37.4 Å². The molecular weight excluding hydrogens is 471 g/mol. The summed E-state index contributed by atoms with van der Waals surface area (Å²) in [7, 11) is 0. The number of carbonyl (C=O) groups excluding carboxylic acids is 1. The smallest absolute Gasteiger partial charge is 0.256 e. The zero-order valence-electron chi connectivity index (χ0n) is 19.7. The Balaban J connectivity index is 1.59. The van der Waals surface area contributed by atoms with E-state index in [1.165, 1.54) is 18.2 Å². The van der Waals surface area contributed by atoms with Gasteiger partial charge in [-0.3, -0.25) is 19.5 Å². The quantitative estimate of drug-likeness (QED) is 0.474. The van der Waals surface area contributed by atoms with Gasteiger partial charge in [0.15, 0.2) is 5.78 Å². The SMILES string of the molecule is CC(C)c1[nH]c(=O)c(-c2cc(Cl)ccc2F)cc1Nc1ccnc(CC(=O)CN2CCOCC2)c1. The molecule has 3 aromatic rings. The van der Waals surface area contributed by atoms with Crippen LogP contribution in [0.25, 0.3) is 11.1 Å². The van der Waals surface area contributed by atoms with Crippen molar-refractivity contribution in [3.63, 3.8) is 0 Å². The van der Waals surface area contributed by atoms with Crippen LogP contribution >= 0.6 is 11.6 Å². The number of anilines is 2. The molecule has 0 unspecified atom stereocenters. The maximum absolute atomic E-state index is 14.5. The molecule has 2 N–H and O–H groups in total. The molecular formula is C26H28ClFN4O3. The van der Waals surface area contributed by atoms with Crippen molar-refractivity contribution < 1.29 is 13.9 Å². The first-order valence-electron chi connectivity index (χ1n) is 11.6. The van der Waals surface area contributed by atoms with E-state index in [9.17, 15) is 14.0 Å². The summed E-state index contributed by atoms with van der Waals surface area (Å²) in [5.41, 5.74) is 2.57. The number of nitrogens with zero attached hydrogens (tertiary/aromatic N) is 2. The lowest BCUT2D eigenvalue weighted by atomic mass is 10.0. The number of nitrogens with one attached hydrogen (secondary N) is 2. The fourth-order valence-corrected chi connectivity index (χ4v) is 4.25. The summed E-state index contributed by atoms with van der Waals surface area (Å²) in [5.74, 6) is -0.449. The number of ether oxygens (including phenoxy) is 1. The molecule has 1 aliphatic rings. The van der Waals surface area contributed by atoms with E-state index in [0.29, 0.717) is 47.5 Å². The molecule has 0 saturated carbocycles. The van der Waals surface area contributed by atoms with Gasteiger partial charge >= 0.3 is 0 Å². The number of benzene rings is 1. The number of pyridine rings is 2. The Morgan fingerprint density at radius 2 is 1.97 bits per heavy atom. The molecule has 2 aromatic heterocycles. The fraction of sp³-hybridized carbons (Fsp3) is 0.346. The second-order valence-electron chi connectivity index (χ2n) is 8.88. The van der Waals surface area contributed by atoms with E-state index in [1.807, 2.05) is 19.9 Å². The predicted octanol–water partition coefficient (Wildman–Crippen LogP) is 4.54. The van der Waals surface area contributed by atoms with Crippen molar-refractivity contribution in [3.05, 3.63) is 75.2 Å². The van der Waals surface area contributed by atoms with E-state index in [1.54, 1.807) is 18.3 Å². The Labute approximate surface area is 208 Å². The van der Waals surface area contributed by atoms with Crippen molar-refractivity contribution in [3.8, 4) is 11.1 Å². The number of ketones is 1. The first-order valence-corrected chi connectivity index (χ1v) is 11.9. The van der Waals surface area contributed by atoms with Crippen LogP contribution in [0.5, 0.6) is 0 Å². The van der Waals surface area contributed by atoms with Crippen LogP contribution in [0.1, 0.15) is 31.2 Å². The van der Waals surface area contributed by atoms with Crippen LogP contribution in [0.3, 0.4) is 0 Å². The highest BCUT2D eigenvalue weighted by atomic mass is 35.5. The highest BCUT2D eigenvalue weighted by molar-refractivity contribution is 6.30. The van der Waals surface area contributed by atoms with Gasteiger partial charge in [-0.2, -0.15) is 0 Å². The second kappa shape index (κ2) is 11.1. The standard InChI is InChI=1S/C26H28ClFN4O3/c1-16(2)25-24(14-22(26(34)31-25)21-11-17(27)3-4-23(21)28)30-18-5-6-29-19(12-18)13-20(33)15-32-7-9-35-10-8-32/h3-6,11-12,14,16H,7-10,13,15H2,1-2H3,(H,29,30)(H,31,34). The number of hydrogen-bond acceptors (Lipinski definition) is 6. The minimum absolute atomic E-state index is 0.000124. The molecule has 35 heavy (non-hydrogen) atoms. The lowest BCUT2D eigenvalue weighted by Crippen LogP contribution is -2.40. The van der Waals surface area contributed by atoms with Crippen LogP contribution in [0.2, 0.25) is 5.02 Å². The van der Waals surface area contributed by atoms with Crippen LogP contribution in [0.4, 0.5) is 15.8 Å². The molecule has 184 valence electrons. The zero-order chi connectivity index (χ0) is 24.9. The Bertz CT molecular complexity index is 1270. The number of carbonyl (C=O) groups is 1. The van der Waals surface area contributed by atoms with Crippen molar-refractivity contribution in [2.45, 2.75) is 26.2 Å². The number of morpholine rings is 1. The zero-order valence-corrected chi connectivity index (χ0v) is 20.5. The number of H-pyrrole nitrogens is 1. The highest BCUT2D eigenvalue weighted by Crippen LogP contribution is 2.30. The Hall–Kier alpha value is -3.07. The van der Waals surface area contributed by atoms with Gasteiger partial charge in [0.25, 0.3) is 5.56 Å². The topological polar surface area (TPSA) is 87.3 Å². The van der Waals surface area contributed by atoms with Crippen LogP contribution in [-0.4, -0.2) is 53.5 Å². The third-order valence-corrected chi connectivity index (χ3v) is 6.08. The minimum atomic E-state index is -0.534. The molecule has 0 spiro atoms. The van der Waals surface area contributed by atoms with Crippen molar-refractivity contribution in [1.29, 1.82) is 0 Å². The van der Waals surface area contributed by atoms with Gasteiger partial charge in [-0.1, -0.05) is 25.4 Å². The van der Waals surface area contributed by atoms with Gasteiger partial charge in [0.1, 0.15) is 5.82 Å². The minimum Gasteiger partial charge on any atom is -0.379 e. The van der Waals surface area contributed by atoms with Gasteiger partial charge in [-0.25, -0.2) is 4.39 Å². The summed E-state index contributed by atoms with van der Waals surface area (Å²) < 4.78 is 19.8. The first kappa shape index (κ1) is 25.0. The van der Waals surface area contributed by atoms with Crippen LogP contribution in [0, 0.1) is 5.82 Å². The van der Waals surface area contributed by atoms with E-state index in [-0.39, 0.29) is 29.2 Å². The Morgan fingerprint density at radius 1 is 1.20 bits per heavy atom. The predicted molar refractivity (Wildman–Crippen MR) is 135 cm³/mol. The lowest BCUT2D eigenvalue weighted by Gasteiger charge is -2.25. The summed E-state index contributed by atoms with van der Waals surface area (Å²) in [6, 6.07) is 9.34. The van der Waals surface area contributed by atoms with E-state index in [0.717, 1.165) is 13.1 Å². The molecule has 9 heteroatoms. The molecule has 0 aliphatic carbocycles. The van der Waals surface area contributed by atoms with Crippen molar-refractivity contribution in [2.24, 2.45) is 0 Å². The maximum atomic E-state index is 14.5. The average Bonchev–Trinajstić information content (AvgIpc) is 2.82. The third-order valence-electron chi connectivity index (χ3n) is 5.85. The molecule has 1 fully saturated rings. The van der Waals surface area contributed by atoms with Gasteiger partial charge in [-0.15, -0.1) is 0 Å². The van der Waals surface area contributed by atoms with Crippen LogP contribution in [0.15, 0.2) is 47.4 Å². The van der Waals surface area contributed by atoms with Crippen molar-refractivity contribution in [2.75, 3.05) is 38.2 Å². The largest absolute Gasteiger partial charge is 0.379 e. The third kappa shape index (κ3) is 6.33. The normalized spacial score (nSPS) is 14.3. The molecule has 0 atom stereocenters. The lowest BCUT2D eigenvalue weighted by molar-refractivity contribution is -0.120.